The molecule has 0 saturated heterocycles. The van der Waals surface area contributed by atoms with Crippen LogP contribution in [0.5, 0.6) is 0 Å². The quantitative estimate of drug-likeness (QED) is 0.736. The van der Waals surface area contributed by atoms with Crippen molar-refractivity contribution >= 4 is 20.9 Å². The summed E-state index contributed by atoms with van der Waals surface area (Å²) >= 11 is 0. The molecule has 0 amide bonds. The van der Waals surface area contributed by atoms with Gasteiger partial charge in [0.2, 0.25) is 10.0 Å². The van der Waals surface area contributed by atoms with Gasteiger partial charge in [-0.2, -0.15) is 0 Å². The molecule has 0 fully saturated rings. The Labute approximate surface area is 154 Å². The highest BCUT2D eigenvalue weighted by Crippen LogP contribution is 2.30. The summed E-state index contributed by atoms with van der Waals surface area (Å²) in [5.74, 6) is 0. The number of rotatable bonds is 3. The normalized spacial score (nSPS) is 17.4. The minimum absolute atomic E-state index is 0.0762. The van der Waals surface area contributed by atoms with Crippen LogP contribution in [0.25, 0.3) is 10.9 Å². The molecule has 1 aliphatic carbocycles. The monoisotopic (exact) mass is 368 g/mol. The van der Waals surface area contributed by atoms with E-state index < -0.39 is 10.0 Å². The summed E-state index contributed by atoms with van der Waals surface area (Å²) in [5.41, 5.74) is 6.71. The van der Waals surface area contributed by atoms with Crippen LogP contribution in [-0.2, 0) is 22.9 Å². The topological polar surface area (TPSA) is 62.0 Å². The molecular weight excluding hydrogens is 344 g/mol. The second-order valence-corrected chi connectivity index (χ2v) is 9.14. The molecule has 0 radical (unpaired) electrons. The molecule has 2 N–H and O–H groups in total. The van der Waals surface area contributed by atoms with Crippen molar-refractivity contribution < 1.29 is 8.42 Å². The van der Waals surface area contributed by atoms with Crippen molar-refractivity contribution in [3.05, 3.63) is 64.3 Å². The Hall–Kier alpha value is -2.11. The maximum Gasteiger partial charge on any atom is 0.241 e. The van der Waals surface area contributed by atoms with Crippen molar-refractivity contribution in [1.29, 1.82) is 0 Å². The van der Waals surface area contributed by atoms with Gasteiger partial charge in [0.1, 0.15) is 0 Å². The first-order valence-electron chi connectivity index (χ1n) is 9.03. The van der Waals surface area contributed by atoms with E-state index in [4.69, 9.17) is 0 Å². The number of H-pyrrole nitrogens is 1. The third-order valence-corrected chi connectivity index (χ3v) is 6.97. The van der Waals surface area contributed by atoms with E-state index in [2.05, 4.69) is 34.8 Å². The molecule has 26 heavy (non-hydrogen) atoms. The molecule has 1 heterocycles. The number of aryl methyl sites for hydroxylation is 4. The Morgan fingerprint density at radius 2 is 1.77 bits per heavy atom. The second kappa shape index (κ2) is 6.25. The minimum Gasteiger partial charge on any atom is -0.358 e. The molecule has 4 nitrogen and oxygen atoms in total. The molecule has 3 aromatic rings. The maximum atomic E-state index is 12.9. The smallest absolute Gasteiger partial charge is 0.241 e. The first kappa shape index (κ1) is 17.3. The maximum absolute atomic E-state index is 12.9. The third kappa shape index (κ3) is 3.06. The predicted octanol–water partition coefficient (Wildman–Crippen LogP) is 3.93. The van der Waals surface area contributed by atoms with Gasteiger partial charge >= 0.3 is 0 Å². The van der Waals surface area contributed by atoms with Gasteiger partial charge < -0.3 is 4.98 Å². The fraction of sp³-hybridized carbons (Fsp3) is 0.333. The molecule has 1 aliphatic rings. The van der Waals surface area contributed by atoms with Gasteiger partial charge in [-0.15, -0.1) is 0 Å². The molecule has 4 rings (SSSR count). The van der Waals surface area contributed by atoms with Crippen molar-refractivity contribution in [1.82, 2.24) is 9.71 Å². The molecule has 0 aliphatic heterocycles. The van der Waals surface area contributed by atoms with Crippen molar-refractivity contribution in [2.75, 3.05) is 0 Å². The average molecular weight is 369 g/mol. The van der Waals surface area contributed by atoms with Gasteiger partial charge in [-0.25, -0.2) is 13.1 Å². The van der Waals surface area contributed by atoms with Crippen molar-refractivity contribution in [3.63, 3.8) is 0 Å². The van der Waals surface area contributed by atoms with Crippen LogP contribution in [0, 0.1) is 20.8 Å². The van der Waals surface area contributed by atoms with Crippen LogP contribution >= 0.6 is 0 Å². The first-order chi connectivity index (χ1) is 12.3. The molecule has 0 saturated carbocycles. The van der Waals surface area contributed by atoms with Gasteiger partial charge in [-0.3, -0.25) is 0 Å². The van der Waals surface area contributed by atoms with E-state index >= 15 is 0 Å². The van der Waals surface area contributed by atoms with E-state index in [0.717, 1.165) is 35.9 Å². The van der Waals surface area contributed by atoms with Crippen molar-refractivity contribution in [2.45, 2.75) is 51.0 Å². The largest absolute Gasteiger partial charge is 0.358 e. The van der Waals surface area contributed by atoms with Crippen LogP contribution in [-0.4, -0.2) is 19.4 Å². The second-order valence-electron chi connectivity index (χ2n) is 7.46. The highest BCUT2D eigenvalue weighted by Gasteiger charge is 2.27. The van der Waals surface area contributed by atoms with Crippen LogP contribution in [0.2, 0.25) is 0 Å². The number of nitrogens with one attached hydrogen (secondary N) is 2. The van der Waals surface area contributed by atoms with E-state index in [1.807, 2.05) is 26.0 Å². The zero-order valence-electron chi connectivity index (χ0n) is 15.4. The number of fused-ring (bicyclic) bond motifs is 3. The lowest BCUT2D eigenvalue weighted by Gasteiger charge is -2.24. The summed E-state index contributed by atoms with van der Waals surface area (Å²) in [6.45, 7) is 5.91. The van der Waals surface area contributed by atoms with E-state index in [1.54, 1.807) is 6.07 Å². The molecule has 136 valence electrons. The van der Waals surface area contributed by atoms with Crippen molar-refractivity contribution in [2.24, 2.45) is 0 Å². The highest BCUT2D eigenvalue weighted by molar-refractivity contribution is 7.89. The molecule has 1 aromatic heterocycles. The lowest BCUT2D eigenvalue weighted by Crippen LogP contribution is -2.39. The Morgan fingerprint density at radius 3 is 2.54 bits per heavy atom. The summed E-state index contributed by atoms with van der Waals surface area (Å²) in [6.07, 6.45) is 2.40. The van der Waals surface area contributed by atoms with Crippen LogP contribution in [0.1, 0.15) is 34.4 Å². The van der Waals surface area contributed by atoms with Gasteiger partial charge in [-0.05, 0) is 69.4 Å². The number of sulfonamides is 1. The van der Waals surface area contributed by atoms with E-state index in [9.17, 15) is 8.42 Å². The molecule has 0 bridgehead atoms. The van der Waals surface area contributed by atoms with Crippen molar-refractivity contribution in [3.8, 4) is 0 Å². The van der Waals surface area contributed by atoms with Crippen LogP contribution in [0.3, 0.4) is 0 Å². The van der Waals surface area contributed by atoms with E-state index in [-0.39, 0.29) is 6.04 Å². The van der Waals surface area contributed by atoms with E-state index in [1.165, 1.54) is 22.2 Å². The molecule has 2 aromatic carbocycles. The summed E-state index contributed by atoms with van der Waals surface area (Å²) in [5, 5.41) is 1.22. The Balaban J connectivity index is 1.63. The molecule has 1 atom stereocenters. The SMILES string of the molecule is Cc1ccc(S(=O)(=O)NC2CCc3[nH]c4ccc(C)cc4c3C2)c(C)c1. The number of benzene rings is 2. The van der Waals surface area contributed by atoms with Gasteiger partial charge in [0.25, 0.3) is 0 Å². The number of aromatic nitrogens is 1. The minimum atomic E-state index is -3.51. The Kier molecular flexibility index (Phi) is 4.16. The van der Waals surface area contributed by atoms with Crippen LogP contribution in [0.4, 0.5) is 0 Å². The van der Waals surface area contributed by atoms with E-state index in [0.29, 0.717) is 4.90 Å². The predicted molar refractivity (Wildman–Crippen MR) is 105 cm³/mol. The number of hydrogen-bond acceptors (Lipinski definition) is 2. The van der Waals surface area contributed by atoms with Crippen LogP contribution in [0.15, 0.2) is 41.3 Å². The molecule has 0 spiro atoms. The Morgan fingerprint density at radius 1 is 1.04 bits per heavy atom. The van der Waals surface area contributed by atoms with Gasteiger partial charge in [-0.1, -0.05) is 29.3 Å². The van der Waals surface area contributed by atoms with Gasteiger partial charge in [0.15, 0.2) is 0 Å². The van der Waals surface area contributed by atoms with Crippen LogP contribution < -0.4 is 4.72 Å². The standard InChI is InChI=1S/C21H24N2O2S/c1-13-5-9-21(15(3)10-13)26(24,25)23-16-6-8-20-18(12-16)17-11-14(2)4-7-19(17)22-20/h4-5,7,9-11,16,22-23H,6,8,12H2,1-3H3. The number of aromatic amines is 1. The summed E-state index contributed by atoms with van der Waals surface area (Å²) in [4.78, 5) is 3.87. The van der Waals surface area contributed by atoms with Gasteiger partial charge in [0.05, 0.1) is 4.90 Å². The Bertz CT molecular complexity index is 1100. The zero-order valence-corrected chi connectivity index (χ0v) is 16.2. The summed E-state index contributed by atoms with van der Waals surface area (Å²) < 4.78 is 28.7. The summed E-state index contributed by atoms with van der Waals surface area (Å²) in [6, 6.07) is 11.8. The molecule has 1 unspecified atom stereocenters. The third-order valence-electron chi connectivity index (χ3n) is 5.29. The summed E-state index contributed by atoms with van der Waals surface area (Å²) in [7, 11) is -3.51. The lowest BCUT2D eigenvalue weighted by molar-refractivity contribution is 0.506. The fourth-order valence-electron chi connectivity index (χ4n) is 4.02. The zero-order chi connectivity index (χ0) is 18.5. The average Bonchev–Trinajstić information content (AvgIpc) is 2.91. The number of hydrogen-bond donors (Lipinski definition) is 2. The highest BCUT2D eigenvalue weighted by atomic mass is 32.2. The van der Waals surface area contributed by atoms with Gasteiger partial charge in [0, 0.05) is 22.6 Å². The molecular formula is C21H24N2O2S. The fourth-order valence-corrected chi connectivity index (χ4v) is 5.51. The first-order valence-corrected chi connectivity index (χ1v) is 10.5. The lowest BCUT2D eigenvalue weighted by atomic mass is 9.92. The molecule has 5 heteroatoms.